The Kier molecular flexibility index (Phi) is 16.8. The first kappa shape index (κ1) is 29.4. The van der Waals surface area contributed by atoms with Crippen LogP contribution in [0.15, 0.2) is 0 Å². The van der Waals surface area contributed by atoms with Crippen LogP contribution in [0.2, 0.25) is 0 Å². The van der Waals surface area contributed by atoms with E-state index in [-0.39, 0.29) is 6.00 Å². The van der Waals surface area contributed by atoms with E-state index >= 15 is 0 Å². The molecule has 1 nitrogen and oxygen atoms in total. The van der Waals surface area contributed by atoms with Crippen LogP contribution in [0.3, 0.4) is 0 Å². The fraction of sp³-hybridized carbons (Fsp3) is 0.964. The molecule has 31 heavy (non-hydrogen) atoms. The number of ether oxygens (including phenoxy) is 1. The Bertz CT molecular complexity index is 460. The molecule has 0 saturated carbocycles. The maximum absolute atomic E-state index is 6.44. The standard InChI is InChI=1S/C28H56BOP/c1-6-8-9-10-11-12-13-14-15-16-17-18-19-20-21-23-25-26(24-31(3,4)5)27(22-7-2)30-28(25)29/h25-28H,3,6-24H2,1-2,4-5H3. The SMILES string of the molecule is [B]C1OC(CCC)C(CP(=C)(C)C)C1CCCCCCCCCCCCCCCCC. The first-order valence-electron chi connectivity index (χ1n) is 14.0. The lowest BCUT2D eigenvalue weighted by Crippen LogP contribution is -2.26. The Morgan fingerprint density at radius 3 is 1.52 bits per heavy atom. The van der Waals surface area contributed by atoms with Gasteiger partial charge >= 0.3 is 0 Å². The summed E-state index contributed by atoms with van der Waals surface area (Å²) in [6.45, 7) is 8.24. The van der Waals surface area contributed by atoms with Crippen molar-refractivity contribution >= 4 is 21.0 Å². The Balaban J connectivity index is 2.06. The second-order valence-electron chi connectivity index (χ2n) is 11.1. The molecule has 4 atom stereocenters. The van der Waals surface area contributed by atoms with Gasteiger partial charge in [0, 0.05) is 6.00 Å². The highest BCUT2D eigenvalue weighted by Gasteiger charge is 2.41. The van der Waals surface area contributed by atoms with E-state index in [0.29, 0.717) is 17.9 Å². The van der Waals surface area contributed by atoms with Crippen LogP contribution >= 0.6 is 6.89 Å². The summed E-state index contributed by atoms with van der Waals surface area (Å²) in [4.78, 5) is 0. The number of hydrogen-bond acceptors (Lipinski definition) is 1. The fourth-order valence-corrected chi connectivity index (χ4v) is 7.09. The number of hydrogen-bond donors (Lipinski definition) is 0. The largest absolute Gasteiger partial charge is 0.384 e. The number of rotatable bonds is 20. The molecule has 3 heteroatoms. The average Bonchev–Trinajstić information content (AvgIpc) is 2.98. The molecule has 0 aromatic heterocycles. The van der Waals surface area contributed by atoms with Crippen molar-refractivity contribution in [1.29, 1.82) is 0 Å². The first-order valence-corrected chi connectivity index (χ1v) is 17.0. The van der Waals surface area contributed by atoms with Crippen molar-refractivity contribution in [3.05, 3.63) is 0 Å². The first-order chi connectivity index (χ1) is 14.9. The van der Waals surface area contributed by atoms with Gasteiger partial charge in [-0.3, -0.25) is 0 Å². The van der Waals surface area contributed by atoms with E-state index in [9.17, 15) is 0 Å². The lowest BCUT2D eigenvalue weighted by Gasteiger charge is -2.28. The number of unbranched alkanes of at least 4 members (excludes halogenated alkanes) is 14. The summed E-state index contributed by atoms with van der Waals surface area (Å²) in [6, 6.07) is -0.0419. The highest BCUT2D eigenvalue weighted by molar-refractivity contribution is 7.72. The van der Waals surface area contributed by atoms with E-state index in [1.165, 1.54) is 115 Å². The predicted molar refractivity (Wildman–Crippen MR) is 147 cm³/mol. The molecule has 182 valence electrons. The molecule has 1 saturated heterocycles. The van der Waals surface area contributed by atoms with Crippen molar-refractivity contribution in [2.45, 2.75) is 142 Å². The molecular weight excluding hydrogens is 394 g/mol. The third kappa shape index (κ3) is 14.2. The van der Waals surface area contributed by atoms with Crippen LogP contribution in [-0.4, -0.2) is 45.7 Å². The molecule has 1 heterocycles. The molecule has 0 spiro atoms. The second-order valence-corrected chi connectivity index (χ2v) is 15.3. The van der Waals surface area contributed by atoms with Crippen LogP contribution in [0.5, 0.6) is 0 Å². The maximum atomic E-state index is 6.44. The van der Waals surface area contributed by atoms with Gasteiger partial charge in [0.25, 0.3) is 0 Å². The van der Waals surface area contributed by atoms with Crippen LogP contribution in [0.25, 0.3) is 0 Å². The van der Waals surface area contributed by atoms with Gasteiger partial charge in [0.15, 0.2) is 0 Å². The van der Waals surface area contributed by atoms with Gasteiger partial charge in [-0.15, -0.1) is 13.2 Å². The van der Waals surface area contributed by atoms with Crippen molar-refractivity contribution in [2.75, 3.05) is 19.5 Å². The van der Waals surface area contributed by atoms with Gasteiger partial charge in [0.2, 0.25) is 0 Å². The van der Waals surface area contributed by atoms with E-state index in [0.717, 1.165) is 6.42 Å². The summed E-state index contributed by atoms with van der Waals surface area (Å²) in [7, 11) is 6.44. The lowest BCUT2D eigenvalue weighted by molar-refractivity contribution is 0.0654. The van der Waals surface area contributed by atoms with Gasteiger partial charge in [0.05, 0.1) is 6.10 Å². The van der Waals surface area contributed by atoms with E-state index in [2.05, 4.69) is 33.5 Å². The zero-order valence-corrected chi connectivity index (χ0v) is 22.8. The van der Waals surface area contributed by atoms with Gasteiger partial charge in [-0.25, -0.2) is 0 Å². The Morgan fingerprint density at radius 2 is 1.10 bits per heavy atom. The monoisotopic (exact) mass is 450 g/mol. The highest BCUT2D eigenvalue weighted by atomic mass is 31.2. The third-order valence-corrected chi connectivity index (χ3v) is 8.61. The molecule has 1 aliphatic heterocycles. The summed E-state index contributed by atoms with van der Waals surface area (Å²) in [6.07, 6.45) is 31.1. The van der Waals surface area contributed by atoms with Crippen LogP contribution < -0.4 is 0 Å². The van der Waals surface area contributed by atoms with Crippen molar-refractivity contribution in [3.63, 3.8) is 0 Å². The molecule has 0 aromatic rings. The third-order valence-electron chi connectivity index (χ3n) is 7.20. The predicted octanol–water partition coefficient (Wildman–Crippen LogP) is 8.88. The van der Waals surface area contributed by atoms with Gasteiger partial charge in [-0.2, -0.15) is 0 Å². The van der Waals surface area contributed by atoms with Gasteiger partial charge in [-0.05, 0) is 44.2 Å². The van der Waals surface area contributed by atoms with Crippen LogP contribution in [-0.2, 0) is 4.74 Å². The zero-order valence-electron chi connectivity index (χ0n) is 21.9. The van der Waals surface area contributed by atoms with Crippen LogP contribution in [0.4, 0.5) is 0 Å². The summed E-state index contributed by atoms with van der Waals surface area (Å²) in [5.74, 6) is 1.20. The van der Waals surface area contributed by atoms with E-state index < -0.39 is 6.89 Å². The molecule has 1 rings (SSSR count). The van der Waals surface area contributed by atoms with Gasteiger partial charge in [-0.1, -0.05) is 117 Å². The normalized spacial score (nSPS) is 24.1. The molecule has 0 amide bonds. The zero-order chi connectivity index (χ0) is 23.0. The summed E-state index contributed by atoms with van der Waals surface area (Å²) < 4.78 is 6.22. The minimum Gasteiger partial charge on any atom is -0.384 e. The fourth-order valence-electron chi connectivity index (χ4n) is 5.44. The Hall–Kier alpha value is 0.325. The smallest absolute Gasteiger partial charge is 0.109 e. The van der Waals surface area contributed by atoms with E-state index in [1.54, 1.807) is 0 Å². The molecular formula is C28H56BOP. The molecule has 0 aliphatic carbocycles. The summed E-state index contributed by atoms with van der Waals surface area (Å²) in [5.41, 5.74) is 0. The van der Waals surface area contributed by atoms with Crippen LogP contribution in [0.1, 0.15) is 129 Å². The quantitative estimate of drug-likeness (QED) is 0.102. The molecule has 4 unspecified atom stereocenters. The van der Waals surface area contributed by atoms with Crippen molar-refractivity contribution < 1.29 is 4.74 Å². The van der Waals surface area contributed by atoms with Crippen molar-refractivity contribution in [1.82, 2.24) is 0 Å². The van der Waals surface area contributed by atoms with E-state index in [1.807, 2.05) is 0 Å². The molecule has 1 aliphatic rings. The topological polar surface area (TPSA) is 9.23 Å². The van der Waals surface area contributed by atoms with Gasteiger partial charge < -0.3 is 4.74 Å². The molecule has 0 aromatic carbocycles. The highest BCUT2D eigenvalue weighted by Crippen LogP contribution is 2.46. The molecule has 0 N–H and O–H groups in total. The van der Waals surface area contributed by atoms with Crippen LogP contribution in [0, 0.1) is 11.8 Å². The summed E-state index contributed by atoms with van der Waals surface area (Å²) in [5, 5.41) is 0. The average molecular weight is 451 g/mol. The van der Waals surface area contributed by atoms with Crippen molar-refractivity contribution in [3.8, 4) is 0 Å². The minimum atomic E-state index is -1.05. The molecule has 2 radical (unpaired) electrons. The molecule has 0 bridgehead atoms. The maximum Gasteiger partial charge on any atom is 0.109 e. The van der Waals surface area contributed by atoms with Crippen molar-refractivity contribution in [2.24, 2.45) is 11.8 Å². The Labute approximate surface area is 198 Å². The van der Waals surface area contributed by atoms with Gasteiger partial charge in [0.1, 0.15) is 7.85 Å². The Morgan fingerprint density at radius 1 is 0.645 bits per heavy atom. The van der Waals surface area contributed by atoms with E-state index in [4.69, 9.17) is 12.6 Å². The summed E-state index contributed by atoms with van der Waals surface area (Å²) >= 11 is 0. The molecule has 1 fully saturated rings. The second kappa shape index (κ2) is 17.8. The lowest BCUT2D eigenvalue weighted by atomic mass is 9.77. The minimum absolute atomic E-state index is 0.0419.